The summed E-state index contributed by atoms with van der Waals surface area (Å²) in [7, 11) is -3.18. The van der Waals surface area contributed by atoms with Crippen LogP contribution in [0.3, 0.4) is 0 Å². The average molecular weight is 336 g/mol. The van der Waals surface area contributed by atoms with E-state index in [1.165, 1.54) is 0 Å². The number of nitrogens with two attached hydrogens (primary N) is 1. The molecule has 0 atom stereocenters. The molecule has 0 spiro atoms. The van der Waals surface area contributed by atoms with Gasteiger partial charge >= 0.3 is 0 Å². The number of hydrogen-bond acceptors (Lipinski definition) is 6. The molecule has 1 aromatic rings. The van der Waals surface area contributed by atoms with Crippen molar-refractivity contribution in [3.63, 3.8) is 0 Å². The zero-order valence-electron chi connectivity index (χ0n) is 12.0. The fourth-order valence-electron chi connectivity index (χ4n) is 3.28. The van der Waals surface area contributed by atoms with E-state index in [-0.39, 0.29) is 29.3 Å². The second-order valence-corrected chi connectivity index (χ2v) is 8.37. The zero-order chi connectivity index (χ0) is 14.2. The van der Waals surface area contributed by atoms with Crippen molar-refractivity contribution in [1.82, 2.24) is 10.1 Å². The first-order valence-corrected chi connectivity index (χ1v) is 9.05. The van der Waals surface area contributed by atoms with Gasteiger partial charge in [-0.3, -0.25) is 0 Å². The molecule has 0 unspecified atom stereocenters. The van der Waals surface area contributed by atoms with Crippen LogP contribution in [0.4, 0.5) is 0 Å². The van der Waals surface area contributed by atoms with Gasteiger partial charge in [0, 0.05) is 0 Å². The molecule has 0 saturated heterocycles. The first-order valence-electron chi connectivity index (χ1n) is 7.33. The third-order valence-corrected chi connectivity index (χ3v) is 6.68. The van der Waals surface area contributed by atoms with Gasteiger partial charge in [-0.25, -0.2) is 8.42 Å². The summed E-state index contributed by atoms with van der Waals surface area (Å²) >= 11 is 0. The normalized spacial score (nSPS) is 22.3. The van der Waals surface area contributed by atoms with Crippen LogP contribution >= 0.6 is 12.4 Å². The molecule has 120 valence electrons. The van der Waals surface area contributed by atoms with Crippen LogP contribution in [0.5, 0.6) is 0 Å². The first-order chi connectivity index (χ1) is 9.50. The van der Waals surface area contributed by atoms with E-state index < -0.39 is 15.4 Å². The van der Waals surface area contributed by atoms with Crippen molar-refractivity contribution in [3.8, 4) is 0 Å². The topological polar surface area (TPSA) is 99.1 Å². The molecule has 0 radical (unpaired) electrons. The lowest BCUT2D eigenvalue weighted by molar-refractivity contribution is 0.354. The summed E-state index contributed by atoms with van der Waals surface area (Å²) in [6.07, 6.45) is 7.27. The van der Waals surface area contributed by atoms with Gasteiger partial charge in [0.25, 0.3) is 0 Å². The molecule has 6 nitrogen and oxygen atoms in total. The zero-order valence-corrected chi connectivity index (χ0v) is 13.6. The quantitative estimate of drug-likeness (QED) is 0.904. The Kier molecular flexibility index (Phi) is 4.95. The Morgan fingerprint density at radius 1 is 1.19 bits per heavy atom. The number of aromatic nitrogens is 2. The smallest absolute Gasteiger partial charge is 0.241 e. The molecular formula is C13H22ClN3O3S. The van der Waals surface area contributed by atoms with Crippen LogP contribution in [0.15, 0.2) is 4.52 Å². The SMILES string of the molecule is Cl.NC1(c2noc(CS(=O)(=O)C3CCCC3)n2)CCCC1. The second-order valence-electron chi connectivity index (χ2n) is 6.09. The maximum absolute atomic E-state index is 12.3. The van der Waals surface area contributed by atoms with Crippen LogP contribution in [-0.2, 0) is 21.1 Å². The fraction of sp³-hybridized carbons (Fsp3) is 0.846. The van der Waals surface area contributed by atoms with Crippen molar-refractivity contribution < 1.29 is 12.9 Å². The van der Waals surface area contributed by atoms with E-state index in [0.717, 1.165) is 51.4 Å². The molecule has 2 N–H and O–H groups in total. The molecule has 2 saturated carbocycles. The molecule has 1 aromatic heterocycles. The molecule has 21 heavy (non-hydrogen) atoms. The minimum Gasteiger partial charge on any atom is -0.338 e. The predicted octanol–water partition coefficient (Wildman–Crippen LogP) is 2.08. The van der Waals surface area contributed by atoms with Crippen LogP contribution in [0.1, 0.15) is 63.1 Å². The van der Waals surface area contributed by atoms with Gasteiger partial charge in [0.1, 0.15) is 5.75 Å². The van der Waals surface area contributed by atoms with Crippen molar-refractivity contribution in [3.05, 3.63) is 11.7 Å². The second kappa shape index (κ2) is 6.22. The third-order valence-electron chi connectivity index (χ3n) is 4.54. The average Bonchev–Trinajstić information content (AvgIpc) is 3.07. The van der Waals surface area contributed by atoms with E-state index in [9.17, 15) is 8.42 Å². The molecule has 0 amide bonds. The molecule has 2 fully saturated rings. The number of hydrogen-bond donors (Lipinski definition) is 1. The summed E-state index contributed by atoms with van der Waals surface area (Å²) in [5.41, 5.74) is 5.72. The number of rotatable bonds is 4. The van der Waals surface area contributed by atoms with Gasteiger partial charge in [0.2, 0.25) is 5.89 Å². The number of nitrogens with zero attached hydrogens (tertiary/aromatic N) is 2. The maximum Gasteiger partial charge on any atom is 0.241 e. The summed E-state index contributed by atoms with van der Waals surface area (Å²) in [4.78, 5) is 4.24. The third kappa shape index (κ3) is 3.40. The standard InChI is InChI=1S/C13H21N3O3S.ClH/c14-13(7-3-4-8-13)12-15-11(19-16-12)9-20(17,18)10-5-1-2-6-10;/h10H,1-9,14H2;1H. The highest BCUT2D eigenvalue weighted by Gasteiger charge is 2.37. The number of halogens is 1. The molecule has 1 heterocycles. The molecule has 0 aliphatic heterocycles. The Hall–Kier alpha value is -0.660. The molecule has 2 aliphatic carbocycles. The fourth-order valence-corrected chi connectivity index (χ4v) is 5.03. The van der Waals surface area contributed by atoms with Crippen LogP contribution in [0.25, 0.3) is 0 Å². The van der Waals surface area contributed by atoms with Crippen molar-refractivity contribution >= 4 is 22.2 Å². The molecule has 3 rings (SSSR count). The van der Waals surface area contributed by atoms with E-state index in [1.807, 2.05) is 0 Å². The highest BCUT2D eigenvalue weighted by atomic mass is 35.5. The first kappa shape index (κ1) is 16.7. The van der Waals surface area contributed by atoms with Crippen molar-refractivity contribution in [2.24, 2.45) is 5.73 Å². The number of sulfone groups is 1. The van der Waals surface area contributed by atoms with Crippen LogP contribution in [0.2, 0.25) is 0 Å². The molecule has 0 aromatic carbocycles. The summed E-state index contributed by atoms with van der Waals surface area (Å²) in [5.74, 6) is 0.496. The van der Waals surface area contributed by atoms with Gasteiger partial charge in [-0.15, -0.1) is 12.4 Å². The molecule has 0 bridgehead atoms. The Bertz CT molecular complexity index is 575. The summed E-state index contributed by atoms with van der Waals surface area (Å²) in [6.45, 7) is 0. The van der Waals surface area contributed by atoms with Crippen LogP contribution in [0, 0.1) is 0 Å². The highest BCUT2D eigenvalue weighted by Crippen LogP contribution is 2.35. The van der Waals surface area contributed by atoms with E-state index >= 15 is 0 Å². The van der Waals surface area contributed by atoms with E-state index in [4.69, 9.17) is 10.3 Å². The van der Waals surface area contributed by atoms with Crippen molar-refractivity contribution in [2.75, 3.05) is 0 Å². The van der Waals surface area contributed by atoms with Gasteiger partial charge in [0.15, 0.2) is 15.7 Å². The lowest BCUT2D eigenvalue weighted by atomic mass is 9.99. The Labute approximate surface area is 131 Å². The Morgan fingerprint density at radius 2 is 1.81 bits per heavy atom. The van der Waals surface area contributed by atoms with Gasteiger partial charge in [0.05, 0.1) is 10.8 Å². The Balaban J connectivity index is 0.00000161. The lowest BCUT2D eigenvalue weighted by Gasteiger charge is -2.17. The molecule has 2 aliphatic rings. The maximum atomic E-state index is 12.3. The summed E-state index contributed by atoms with van der Waals surface area (Å²) in [5, 5.41) is 3.67. The van der Waals surface area contributed by atoms with Gasteiger partial charge in [-0.1, -0.05) is 30.8 Å². The van der Waals surface area contributed by atoms with Gasteiger partial charge in [-0.2, -0.15) is 4.98 Å². The Morgan fingerprint density at radius 3 is 2.43 bits per heavy atom. The highest BCUT2D eigenvalue weighted by molar-refractivity contribution is 7.91. The van der Waals surface area contributed by atoms with E-state index in [1.54, 1.807) is 0 Å². The summed E-state index contributed by atoms with van der Waals surface area (Å²) in [6, 6.07) is 0. The van der Waals surface area contributed by atoms with E-state index in [2.05, 4.69) is 10.1 Å². The summed E-state index contributed by atoms with van der Waals surface area (Å²) < 4.78 is 29.6. The molecular weight excluding hydrogens is 314 g/mol. The van der Waals surface area contributed by atoms with Gasteiger partial charge in [-0.05, 0) is 25.7 Å². The largest absolute Gasteiger partial charge is 0.338 e. The minimum absolute atomic E-state index is 0. The van der Waals surface area contributed by atoms with Crippen LogP contribution in [-0.4, -0.2) is 23.8 Å². The van der Waals surface area contributed by atoms with Gasteiger partial charge < -0.3 is 10.3 Å². The van der Waals surface area contributed by atoms with Crippen molar-refractivity contribution in [2.45, 2.75) is 67.9 Å². The lowest BCUT2D eigenvalue weighted by Crippen LogP contribution is -2.34. The minimum atomic E-state index is -3.18. The molecule has 8 heteroatoms. The van der Waals surface area contributed by atoms with Crippen LogP contribution < -0.4 is 5.73 Å². The predicted molar refractivity (Wildman–Crippen MR) is 80.8 cm³/mol. The van der Waals surface area contributed by atoms with Crippen molar-refractivity contribution in [1.29, 1.82) is 0 Å². The monoisotopic (exact) mass is 335 g/mol. The van der Waals surface area contributed by atoms with E-state index in [0.29, 0.717) is 5.82 Å².